The highest BCUT2D eigenvalue weighted by atomic mass is 16.4. The number of fused-ring (bicyclic) bond motifs is 3. The van der Waals surface area contributed by atoms with Gasteiger partial charge in [-0.25, -0.2) is 9.97 Å². The standard InChI is InChI=1S/C15H18N4O2/c20-14(21)12-9-2-3-10(6-9)13(12)17-7-11-8-19-5-1-4-16-15(19)18-11/h1,4-5,8-10,12-13,17H,2-3,6-7H2,(H,20,21). The maximum Gasteiger partial charge on any atom is 0.308 e. The summed E-state index contributed by atoms with van der Waals surface area (Å²) in [6, 6.07) is 1.95. The van der Waals surface area contributed by atoms with Crippen LogP contribution in [0.5, 0.6) is 0 Å². The molecule has 2 heterocycles. The van der Waals surface area contributed by atoms with Gasteiger partial charge in [-0.15, -0.1) is 0 Å². The van der Waals surface area contributed by atoms with Gasteiger partial charge in [0.15, 0.2) is 0 Å². The lowest BCUT2D eigenvalue weighted by atomic mass is 9.84. The van der Waals surface area contributed by atoms with Gasteiger partial charge in [0.05, 0.1) is 11.6 Å². The number of nitrogens with one attached hydrogen (secondary N) is 1. The van der Waals surface area contributed by atoms with Crippen molar-refractivity contribution < 1.29 is 9.90 Å². The van der Waals surface area contributed by atoms with Crippen molar-refractivity contribution in [1.82, 2.24) is 19.7 Å². The molecule has 2 bridgehead atoms. The van der Waals surface area contributed by atoms with Crippen LogP contribution in [0.15, 0.2) is 24.7 Å². The first-order valence-corrected chi connectivity index (χ1v) is 7.47. The number of carboxylic acids is 1. The van der Waals surface area contributed by atoms with Gasteiger partial charge in [-0.05, 0) is 37.2 Å². The molecular weight excluding hydrogens is 268 g/mol. The Balaban J connectivity index is 1.49. The summed E-state index contributed by atoms with van der Waals surface area (Å²) in [5.74, 6) is 0.645. The van der Waals surface area contributed by atoms with Gasteiger partial charge >= 0.3 is 5.97 Å². The molecule has 2 fully saturated rings. The molecule has 2 aliphatic carbocycles. The Morgan fingerprint density at radius 1 is 1.43 bits per heavy atom. The Bertz CT molecular complexity index is 650. The Morgan fingerprint density at radius 2 is 2.29 bits per heavy atom. The molecule has 2 aromatic heterocycles. The number of imidazole rings is 1. The van der Waals surface area contributed by atoms with Gasteiger partial charge < -0.3 is 10.4 Å². The van der Waals surface area contributed by atoms with Crippen LogP contribution in [0.3, 0.4) is 0 Å². The SMILES string of the molecule is O=C(O)C1C2CCC(C2)C1NCc1cn2cccnc2n1. The predicted octanol–water partition coefficient (Wildman–Crippen LogP) is 1.32. The first kappa shape index (κ1) is 12.8. The lowest BCUT2D eigenvalue weighted by Gasteiger charge is -2.28. The molecule has 4 rings (SSSR count). The zero-order chi connectivity index (χ0) is 14.4. The predicted molar refractivity (Wildman–Crippen MR) is 75.6 cm³/mol. The third-order valence-corrected chi connectivity index (χ3v) is 5.01. The third-order valence-electron chi connectivity index (χ3n) is 5.01. The molecule has 6 nitrogen and oxygen atoms in total. The molecule has 110 valence electrons. The number of aliphatic carboxylic acids is 1. The van der Waals surface area contributed by atoms with Crippen molar-refractivity contribution in [2.75, 3.05) is 0 Å². The molecule has 2 aliphatic rings. The van der Waals surface area contributed by atoms with E-state index in [0.29, 0.717) is 24.2 Å². The van der Waals surface area contributed by atoms with Gasteiger partial charge in [0.1, 0.15) is 0 Å². The summed E-state index contributed by atoms with van der Waals surface area (Å²) in [6.07, 6.45) is 8.85. The van der Waals surface area contributed by atoms with Gasteiger partial charge in [-0.2, -0.15) is 0 Å². The summed E-state index contributed by atoms with van der Waals surface area (Å²) in [5.41, 5.74) is 0.903. The lowest BCUT2D eigenvalue weighted by Crippen LogP contribution is -2.43. The van der Waals surface area contributed by atoms with Crippen molar-refractivity contribution in [3.63, 3.8) is 0 Å². The van der Waals surface area contributed by atoms with Gasteiger partial charge in [0.25, 0.3) is 0 Å². The molecule has 21 heavy (non-hydrogen) atoms. The molecule has 4 atom stereocenters. The Kier molecular flexibility index (Phi) is 2.92. The van der Waals surface area contributed by atoms with Crippen molar-refractivity contribution in [2.45, 2.75) is 31.8 Å². The summed E-state index contributed by atoms with van der Waals surface area (Å²) in [6.45, 7) is 0.598. The molecule has 4 unspecified atom stereocenters. The zero-order valence-corrected chi connectivity index (χ0v) is 11.6. The fraction of sp³-hybridized carbons (Fsp3) is 0.533. The molecule has 0 radical (unpaired) electrons. The number of hydrogen-bond acceptors (Lipinski definition) is 4. The normalized spacial score (nSPS) is 31.0. The summed E-state index contributed by atoms with van der Waals surface area (Å²) in [7, 11) is 0. The number of hydrogen-bond donors (Lipinski definition) is 2. The maximum atomic E-state index is 11.5. The monoisotopic (exact) mass is 286 g/mol. The molecule has 2 saturated carbocycles. The van der Waals surface area contributed by atoms with E-state index in [9.17, 15) is 9.90 Å². The second-order valence-corrected chi connectivity index (χ2v) is 6.16. The molecule has 2 N–H and O–H groups in total. The Morgan fingerprint density at radius 3 is 3.10 bits per heavy atom. The molecule has 2 aromatic rings. The highest BCUT2D eigenvalue weighted by molar-refractivity contribution is 5.72. The van der Waals surface area contributed by atoms with E-state index >= 15 is 0 Å². The summed E-state index contributed by atoms with van der Waals surface area (Å²) >= 11 is 0. The fourth-order valence-electron chi connectivity index (χ4n) is 4.13. The van der Waals surface area contributed by atoms with Crippen molar-refractivity contribution in [3.8, 4) is 0 Å². The van der Waals surface area contributed by atoms with Crippen LogP contribution in [0.1, 0.15) is 25.0 Å². The summed E-state index contributed by atoms with van der Waals surface area (Å²) in [5, 5.41) is 12.9. The molecular formula is C15H18N4O2. The van der Waals surface area contributed by atoms with Crippen LogP contribution in [-0.4, -0.2) is 31.5 Å². The third kappa shape index (κ3) is 2.10. The van der Waals surface area contributed by atoms with Crippen LogP contribution in [-0.2, 0) is 11.3 Å². The van der Waals surface area contributed by atoms with Gasteiger partial charge in [-0.3, -0.25) is 9.20 Å². The summed E-state index contributed by atoms with van der Waals surface area (Å²) in [4.78, 5) is 20.1. The van der Waals surface area contributed by atoms with E-state index in [1.54, 1.807) is 6.20 Å². The van der Waals surface area contributed by atoms with Crippen LogP contribution >= 0.6 is 0 Å². The van der Waals surface area contributed by atoms with Crippen LogP contribution in [0.25, 0.3) is 5.78 Å². The summed E-state index contributed by atoms with van der Waals surface area (Å²) < 4.78 is 1.88. The van der Waals surface area contributed by atoms with Gasteiger partial charge in [-0.1, -0.05) is 0 Å². The first-order chi connectivity index (χ1) is 10.2. The first-order valence-electron chi connectivity index (χ1n) is 7.47. The minimum absolute atomic E-state index is 0.0824. The number of carboxylic acid groups (broad SMARTS) is 1. The number of carbonyl (C=O) groups is 1. The van der Waals surface area contributed by atoms with E-state index in [0.717, 1.165) is 25.0 Å². The van der Waals surface area contributed by atoms with E-state index in [2.05, 4.69) is 15.3 Å². The van der Waals surface area contributed by atoms with E-state index in [4.69, 9.17) is 0 Å². The second kappa shape index (κ2) is 4.80. The molecule has 0 aliphatic heterocycles. The second-order valence-electron chi connectivity index (χ2n) is 6.16. The molecule has 0 amide bonds. The number of rotatable bonds is 4. The highest BCUT2D eigenvalue weighted by Crippen LogP contribution is 2.48. The van der Waals surface area contributed by atoms with Crippen LogP contribution in [0.4, 0.5) is 0 Å². The molecule has 0 spiro atoms. The number of nitrogens with zero attached hydrogens (tertiary/aromatic N) is 3. The van der Waals surface area contributed by atoms with E-state index in [1.165, 1.54) is 0 Å². The topological polar surface area (TPSA) is 79.5 Å². The van der Waals surface area contributed by atoms with Crippen molar-refractivity contribution in [1.29, 1.82) is 0 Å². The minimum atomic E-state index is -0.656. The largest absolute Gasteiger partial charge is 0.481 e. The van der Waals surface area contributed by atoms with Crippen LogP contribution in [0, 0.1) is 17.8 Å². The maximum absolute atomic E-state index is 11.5. The Labute approximate surface area is 122 Å². The van der Waals surface area contributed by atoms with E-state index in [1.807, 2.05) is 22.9 Å². The Hall–Kier alpha value is -1.95. The molecule has 6 heteroatoms. The van der Waals surface area contributed by atoms with Crippen LogP contribution < -0.4 is 5.32 Å². The van der Waals surface area contributed by atoms with Gasteiger partial charge in [0.2, 0.25) is 5.78 Å². The smallest absolute Gasteiger partial charge is 0.308 e. The average molecular weight is 286 g/mol. The molecule has 0 saturated heterocycles. The van der Waals surface area contributed by atoms with Crippen molar-refractivity contribution >= 4 is 11.7 Å². The van der Waals surface area contributed by atoms with Gasteiger partial charge in [0, 0.05) is 31.2 Å². The average Bonchev–Trinajstić information content (AvgIpc) is 3.17. The quantitative estimate of drug-likeness (QED) is 0.886. The fourth-order valence-corrected chi connectivity index (χ4v) is 4.13. The van der Waals surface area contributed by atoms with Crippen molar-refractivity contribution in [2.24, 2.45) is 17.8 Å². The number of aromatic nitrogens is 3. The highest BCUT2D eigenvalue weighted by Gasteiger charge is 2.50. The molecule has 0 aromatic carbocycles. The minimum Gasteiger partial charge on any atom is -0.481 e. The lowest BCUT2D eigenvalue weighted by molar-refractivity contribution is -0.144. The van der Waals surface area contributed by atoms with E-state index in [-0.39, 0.29) is 12.0 Å². The van der Waals surface area contributed by atoms with Crippen molar-refractivity contribution in [3.05, 3.63) is 30.4 Å². The van der Waals surface area contributed by atoms with Crippen LogP contribution in [0.2, 0.25) is 0 Å². The zero-order valence-electron chi connectivity index (χ0n) is 11.6. The van der Waals surface area contributed by atoms with E-state index < -0.39 is 5.97 Å².